The molecule has 1 amide bonds. The molecule has 2 aromatic heterocycles. The van der Waals surface area contributed by atoms with E-state index in [2.05, 4.69) is 20.6 Å². The number of benzene rings is 1. The molecule has 0 bridgehead atoms. The average molecular weight is 407 g/mol. The van der Waals surface area contributed by atoms with Crippen LogP contribution in [0.3, 0.4) is 0 Å². The number of aromatic nitrogens is 2. The number of amides is 1. The van der Waals surface area contributed by atoms with Gasteiger partial charge in [-0.3, -0.25) is 9.78 Å². The summed E-state index contributed by atoms with van der Waals surface area (Å²) in [6.07, 6.45) is 3.66. The molecule has 8 heteroatoms. The van der Waals surface area contributed by atoms with Gasteiger partial charge in [0.15, 0.2) is 5.11 Å². The summed E-state index contributed by atoms with van der Waals surface area (Å²) in [7, 11) is 1.57. The Kier molecular flexibility index (Phi) is 5.18. The molecule has 0 aliphatic carbocycles. The summed E-state index contributed by atoms with van der Waals surface area (Å²) < 4.78 is 5.38. The molecule has 1 fully saturated rings. The van der Waals surface area contributed by atoms with Crippen LogP contribution in [-0.4, -0.2) is 28.1 Å². The first kappa shape index (κ1) is 18.9. The maximum atomic E-state index is 11.6. The van der Waals surface area contributed by atoms with Crippen LogP contribution in [-0.2, 0) is 4.79 Å². The highest BCUT2D eigenvalue weighted by atomic mass is 32.1. The van der Waals surface area contributed by atoms with Gasteiger partial charge >= 0.3 is 0 Å². The fourth-order valence-corrected chi connectivity index (χ4v) is 3.96. The van der Waals surface area contributed by atoms with Gasteiger partial charge in [0.05, 0.1) is 24.5 Å². The number of hydrogen-bond acceptors (Lipinski definition) is 4. The van der Waals surface area contributed by atoms with E-state index in [1.54, 1.807) is 13.3 Å². The first-order chi connectivity index (χ1) is 14.1. The number of anilines is 2. The summed E-state index contributed by atoms with van der Waals surface area (Å²) in [6.45, 7) is 1.47. The Hall–Kier alpha value is -3.39. The number of carbonyl (C=O) groups excluding carboxylic acids is 1. The summed E-state index contributed by atoms with van der Waals surface area (Å²) in [5.74, 6) is 0.412. The lowest BCUT2D eigenvalue weighted by Gasteiger charge is -2.27. The highest BCUT2D eigenvalue weighted by Crippen LogP contribution is 2.42. The van der Waals surface area contributed by atoms with Crippen molar-refractivity contribution in [3.63, 3.8) is 0 Å². The normalized spacial score (nSPS) is 18.4. The van der Waals surface area contributed by atoms with Crippen molar-refractivity contribution < 1.29 is 9.53 Å². The van der Waals surface area contributed by atoms with E-state index >= 15 is 0 Å². The second-order valence-electron chi connectivity index (χ2n) is 6.69. The molecule has 3 aromatic rings. The molecule has 0 saturated carbocycles. The van der Waals surface area contributed by atoms with Gasteiger partial charge in [-0.2, -0.15) is 0 Å². The quantitative estimate of drug-likeness (QED) is 0.561. The Labute approximate surface area is 174 Å². The van der Waals surface area contributed by atoms with Gasteiger partial charge in [-0.1, -0.05) is 6.07 Å². The van der Waals surface area contributed by atoms with Crippen molar-refractivity contribution in [1.82, 2.24) is 15.3 Å². The van der Waals surface area contributed by atoms with Crippen molar-refractivity contribution in [1.29, 1.82) is 0 Å². The number of rotatable bonds is 5. The Morgan fingerprint density at radius 1 is 1.24 bits per heavy atom. The maximum Gasteiger partial charge on any atom is 0.221 e. The lowest BCUT2D eigenvalue weighted by Crippen LogP contribution is -2.29. The van der Waals surface area contributed by atoms with Crippen LogP contribution in [0, 0.1) is 0 Å². The molecule has 29 heavy (non-hydrogen) atoms. The van der Waals surface area contributed by atoms with Gasteiger partial charge in [-0.15, -0.1) is 0 Å². The largest absolute Gasteiger partial charge is 0.495 e. The molecule has 0 unspecified atom stereocenters. The molecular weight excluding hydrogens is 386 g/mol. The molecule has 1 aromatic carbocycles. The molecular formula is C21H21N5O2S. The number of thiocarbonyl (C=S) groups is 1. The molecule has 1 aliphatic heterocycles. The van der Waals surface area contributed by atoms with Crippen molar-refractivity contribution in [2.75, 3.05) is 17.3 Å². The predicted octanol–water partition coefficient (Wildman–Crippen LogP) is 3.55. The molecule has 1 aliphatic rings. The molecule has 1 saturated heterocycles. The molecule has 4 rings (SSSR count). The van der Waals surface area contributed by atoms with Crippen molar-refractivity contribution in [3.8, 4) is 5.75 Å². The topological polar surface area (TPSA) is 82.3 Å². The van der Waals surface area contributed by atoms with Crippen LogP contribution in [0.15, 0.2) is 60.9 Å². The fourth-order valence-electron chi connectivity index (χ4n) is 3.61. The van der Waals surface area contributed by atoms with Crippen LogP contribution in [0.1, 0.15) is 30.4 Å². The van der Waals surface area contributed by atoms with E-state index in [-0.39, 0.29) is 18.0 Å². The molecule has 0 radical (unpaired) electrons. The van der Waals surface area contributed by atoms with E-state index in [0.29, 0.717) is 16.5 Å². The van der Waals surface area contributed by atoms with Gasteiger partial charge in [-0.25, -0.2) is 0 Å². The zero-order valence-corrected chi connectivity index (χ0v) is 16.9. The van der Waals surface area contributed by atoms with Gasteiger partial charge in [0, 0.05) is 30.7 Å². The predicted molar refractivity (Wildman–Crippen MR) is 116 cm³/mol. The van der Waals surface area contributed by atoms with Crippen LogP contribution in [0.5, 0.6) is 5.75 Å². The third-order valence-corrected chi connectivity index (χ3v) is 5.13. The lowest BCUT2D eigenvalue weighted by molar-refractivity contribution is -0.114. The highest BCUT2D eigenvalue weighted by Gasteiger charge is 2.41. The van der Waals surface area contributed by atoms with Crippen molar-refractivity contribution in [2.24, 2.45) is 0 Å². The van der Waals surface area contributed by atoms with Crippen molar-refractivity contribution in [2.45, 2.75) is 19.0 Å². The van der Waals surface area contributed by atoms with Crippen LogP contribution >= 0.6 is 12.2 Å². The summed E-state index contributed by atoms with van der Waals surface area (Å²) in [6, 6.07) is 15.2. The van der Waals surface area contributed by atoms with E-state index in [4.69, 9.17) is 17.0 Å². The monoisotopic (exact) mass is 407 g/mol. The van der Waals surface area contributed by atoms with Crippen molar-refractivity contribution >= 4 is 34.6 Å². The summed E-state index contributed by atoms with van der Waals surface area (Å²) in [5, 5.41) is 6.81. The van der Waals surface area contributed by atoms with Gasteiger partial charge in [-0.05, 0) is 54.7 Å². The average Bonchev–Trinajstić information content (AvgIpc) is 3.35. The molecule has 2 atom stereocenters. The smallest absolute Gasteiger partial charge is 0.221 e. The molecule has 3 N–H and O–H groups in total. The minimum Gasteiger partial charge on any atom is -0.495 e. The van der Waals surface area contributed by atoms with Crippen LogP contribution in [0.25, 0.3) is 0 Å². The van der Waals surface area contributed by atoms with Crippen LogP contribution in [0.4, 0.5) is 11.4 Å². The fraction of sp³-hybridized carbons (Fsp3) is 0.190. The molecule has 148 valence electrons. The lowest BCUT2D eigenvalue weighted by atomic mass is 10.0. The molecule has 7 nitrogen and oxygen atoms in total. The van der Waals surface area contributed by atoms with Gasteiger partial charge in [0.1, 0.15) is 11.8 Å². The Morgan fingerprint density at radius 2 is 2.10 bits per heavy atom. The van der Waals surface area contributed by atoms with E-state index in [9.17, 15) is 4.79 Å². The standard InChI is InChI=1S/C21H21N5O2S/c1-13(27)24-17-12-14(8-9-18(17)28-2)26-20(16-7-5-11-23-16)19(25-21(26)29)15-6-3-4-10-22-15/h3-12,19-20,23H,1-2H3,(H,24,27)(H,25,29)/t19-,20-/m1/s1. The number of hydrogen-bond donors (Lipinski definition) is 3. The summed E-state index contributed by atoms with van der Waals surface area (Å²) in [4.78, 5) is 21.5. The number of methoxy groups -OCH3 is 1. The second kappa shape index (κ2) is 7.92. The number of aromatic amines is 1. The SMILES string of the molecule is COc1ccc(N2C(=S)N[C@H](c3ccccn3)[C@H]2c2ccc[nH]2)cc1NC(C)=O. The van der Waals surface area contributed by atoms with Crippen LogP contribution < -0.4 is 20.3 Å². The first-order valence-electron chi connectivity index (χ1n) is 9.18. The van der Waals surface area contributed by atoms with Crippen molar-refractivity contribution in [3.05, 3.63) is 72.3 Å². The number of carbonyl (C=O) groups is 1. The minimum absolute atomic E-state index is 0.131. The van der Waals surface area contributed by atoms with Gasteiger partial charge in [0.2, 0.25) is 5.91 Å². The molecule has 3 heterocycles. The third-order valence-electron chi connectivity index (χ3n) is 4.81. The van der Waals surface area contributed by atoms with Crippen LogP contribution in [0.2, 0.25) is 0 Å². The van der Waals surface area contributed by atoms with Gasteiger partial charge < -0.3 is 25.3 Å². The third kappa shape index (κ3) is 3.66. The summed E-state index contributed by atoms with van der Waals surface area (Å²) >= 11 is 5.70. The Bertz CT molecular complexity index is 1020. The minimum atomic E-state index is -0.171. The maximum absolute atomic E-state index is 11.6. The number of nitrogens with zero attached hydrogens (tertiary/aromatic N) is 2. The number of pyridine rings is 1. The van der Waals surface area contributed by atoms with E-state index in [1.807, 2.05) is 59.6 Å². The Balaban J connectivity index is 1.79. The number of H-pyrrole nitrogens is 1. The second-order valence-corrected chi connectivity index (χ2v) is 7.07. The zero-order chi connectivity index (χ0) is 20.4. The Morgan fingerprint density at radius 3 is 2.76 bits per heavy atom. The molecule has 0 spiro atoms. The van der Waals surface area contributed by atoms with Gasteiger partial charge in [0.25, 0.3) is 0 Å². The summed E-state index contributed by atoms with van der Waals surface area (Å²) in [5.41, 5.74) is 3.33. The number of ether oxygens (including phenoxy) is 1. The first-order valence-corrected chi connectivity index (χ1v) is 9.59. The van der Waals surface area contributed by atoms with E-state index < -0.39 is 0 Å². The zero-order valence-electron chi connectivity index (χ0n) is 16.0. The van der Waals surface area contributed by atoms with E-state index in [0.717, 1.165) is 17.1 Å². The highest BCUT2D eigenvalue weighted by molar-refractivity contribution is 7.80. The number of nitrogens with one attached hydrogen (secondary N) is 3. The van der Waals surface area contributed by atoms with E-state index in [1.165, 1.54) is 6.92 Å².